The molecule has 0 spiro atoms. The van der Waals surface area contributed by atoms with Crippen molar-refractivity contribution >= 4 is 16.7 Å². The van der Waals surface area contributed by atoms with Crippen molar-refractivity contribution in [2.45, 2.75) is 51.4 Å². The highest BCUT2D eigenvalue weighted by Gasteiger charge is 2.31. The molecule has 0 saturated heterocycles. The fourth-order valence-electron chi connectivity index (χ4n) is 3.12. The van der Waals surface area contributed by atoms with Crippen molar-refractivity contribution in [3.8, 4) is 0 Å². The van der Waals surface area contributed by atoms with Crippen molar-refractivity contribution in [1.82, 2.24) is 24.6 Å². The van der Waals surface area contributed by atoms with E-state index >= 15 is 0 Å². The molecule has 0 N–H and O–H groups in total. The lowest BCUT2D eigenvalue weighted by atomic mass is 9.77. The smallest absolute Gasteiger partial charge is 0.201 e. The van der Waals surface area contributed by atoms with Crippen LogP contribution in [0.15, 0.2) is 47.4 Å². The monoisotopic (exact) mass is 349 g/mol. The van der Waals surface area contributed by atoms with Crippen molar-refractivity contribution in [2.75, 3.05) is 0 Å². The second-order valence-corrected chi connectivity index (χ2v) is 8.08. The van der Waals surface area contributed by atoms with E-state index in [0.29, 0.717) is 0 Å². The van der Waals surface area contributed by atoms with Crippen molar-refractivity contribution in [3.63, 3.8) is 0 Å². The minimum Gasteiger partial charge on any atom is -0.438 e. The lowest BCUT2D eigenvalue weighted by Gasteiger charge is -2.29. The van der Waals surface area contributed by atoms with Crippen LogP contribution >= 0.6 is 0 Å². The molecule has 0 radical (unpaired) electrons. The van der Waals surface area contributed by atoms with E-state index in [1.165, 1.54) is 0 Å². The van der Waals surface area contributed by atoms with Gasteiger partial charge in [0.1, 0.15) is 5.52 Å². The van der Waals surface area contributed by atoms with Crippen LogP contribution < -0.4 is 0 Å². The predicted molar refractivity (Wildman–Crippen MR) is 100 cm³/mol. The van der Waals surface area contributed by atoms with Gasteiger partial charge in [-0.1, -0.05) is 27.7 Å². The SMILES string of the molecule is CC(C)(CCC(C)(C)c1nc2ccncc2o1)c1ccn2nccc2n1. The van der Waals surface area contributed by atoms with Gasteiger partial charge < -0.3 is 4.42 Å². The van der Waals surface area contributed by atoms with Crippen LogP contribution in [0.3, 0.4) is 0 Å². The summed E-state index contributed by atoms with van der Waals surface area (Å²) in [7, 11) is 0. The third-order valence-electron chi connectivity index (χ3n) is 5.10. The quantitative estimate of drug-likeness (QED) is 0.537. The zero-order chi connectivity index (χ0) is 18.4. The van der Waals surface area contributed by atoms with Crippen LogP contribution in [0.1, 0.15) is 52.1 Å². The Morgan fingerprint density at radius 1 is 0.962 bits per heavy atom. The third-order valence-corrected chi connectivity index (χ3v) is 5.10. The Kier molecular flexibility index (Phi) is 3.79. The Labute approximate surface area is 152 Å². The Hall–Kier alpha value is -2.76. The zero-order valence-corrected chi connectivity index (χ0v) is 15.6. The second kappa shape index (κ2) is 5.90. The van der Waals surface area contributed by atoms with Crippen molar-refractivity contribution in [2.24, 2.45) is 0 Å². The topological polar surface area (TPSA) is 69.1 Å². The summed E-state index contributed by atoms with van der Waals surface area (Å²) in [5, 5.41) is 4.22. The normalized spacial score (nSPS) is 12.9. The van der Waals surface area contributed by atoms with Crippen LogP contribution in [-0.2, 0) is 10.8 Å². The first-order valence-electron chi connectivity index (χ1n) is 8.87. The summed E-state index contributed by atoms with van der Waals surface area (Å²) in [4.78, 5) is 13.5. The molecule has 4 aromatic rings. The number of nitrogens with zero attached hydrogens (tertiary/aromatic N) is 5. The van der Waals surface area contributed by atoms with E-state index in [4.69, 9.17) is 9.40 Å². The molecule has 134 valence electrons. The molecule has 0 unspecified atom stereocenters. The first-order valence-corrected chi connectivity index (χ1v) is 8.87. The van der Waals surface area contributed by atoms with Gasteiger partial charge in [-0.25, -0.2) is 14.5 Å². The average Bonchev–Trinajstić information content (AvgIpc) is 3.26. The van der Waals surface area contributed by atoms with Crippen LogP contribution in [0.25, 0.3) is 16.7 Å². The average molecular weight is 349 g/mol. The van der Waals surface area contributed by atoms with E-state index in [-0.39, 0.29) is 10.8 Å². The first kappa shape index (κ1) is 16.7. The number of pyridine rings is 1. The molecule has 0 aromatic carbocycles. The molecule has 0 aliphatic heterocycles. The van der Waals surface area contributed by atoms with Crippen molar-refractivity contribution < 1.29 is 4.42 Å². The highest BCUT2D eigenvalue weighted by Crippen LogP contribution is 2.36. The Morgan fingerprint density at radius 2 is 1.77 bits per heavy atom. The molecule has 6 heteroatoms. The fraction of sp³-hybridized carbons (Fsp3) is 0.400. The number of hydrogen-bond donors (Lipinski definition) is 0. The van der Waals surface area contributed by atoms with Gasteiger partial charge in [-0.15, -0.1) is 0 Å². The van der Waals surface area contributed by atoms with Crippen molar-refractivity contribution in [1.29, 1.82) is 0 Å². The molecule has 26 heavy (non-hydrogen) atoms. The molecule has 4 aromatic heterocycles. The fourth-order valence-corrected chi connectivity index (χ4v) is 3.12. The summed E-state index contributed by atoms with van der Waals surface area (Å²) in [6.45, 7) is 8.81. The second-order valence-electron chi connectivity index (χ2n) is 8.08. The summed E-state index contributed by atoms with van der Waals surface area (Å²) >= 11 is 0. The Bertz CT molecular complexity index is 1010. The van der Waals surface area contributed by atoms with E-state index in [0.717, 1.165) is 41.2 Å². The molecule has 0 aliphatic rings. The summed E-state index contributed by atoms with van der Waals surface area (Å²) in [5.41, 5.74) is 3.32. The molecular weight excluding hydrogens is 326 g/mol. The van der Waals surface area contributed by atoms with Gasteiger partial charge in [0.2, 0.25) is 5.89 Å². The molecule has 4 rings (SSSR count). The highest BCUT2D eigenvalue weighted by molar-refractivity contribution is 5.70. The van der Waals surface area contributed by atoms with Gasteiger partial charge >= 0.3 is 0 Å². The van der Waals surface area contributed by atoms with Gasteiger partial charge in [0.05, 0.1) is 18.1 Å². The number of hydrogen-bond acceptors (Lipinski definition) is 5. The van der Waals surface area contributed by atoms with E-state index in [1.54, 1.807) is 23.1 Å². The van der Waals surface area contributed by atoms with Crippen LogP contribution in [0, 0.1) is 0 Å². The molecule has 0 saturated carbocycles. The Balaban J connectivity index is 1.55. The summed E-state index contributed by atoms with van der Waals surface area (Å²) in [6, 6.07) is 5.86. The van der Waals surface area contributed by atoms with Crippen LogP contribution in [-0.4, -0.2) is 24.6 Å². The largest absolute Gasteiger partial charge is 0.438 e. The summed E-state index contributed by atoms with van der Waals surface area (Å²) < 4.78 is 7.74. The van der Waals surface area contributed by atoms with Crippen LogP contribution in [0.2, 0.25) is 0 Å². The molecule has 0 aliphatic carbocycles. The highest BCUT2D eigenvalue weighted by atomic mass is 16.3. The molecule has 0 bridgehead atoms. The van der Waals surface area contributed by atoms with Gasteiger partial charge in [0.15, 0.2) is 11.2 Å². The molecule has 6 nitrogen and oxygen atoms in total. The van der Waals surface area contributed by atoms with E-state index in [1.807, 2.05) is 18.3 Å². The van der Waals surface area contributed by atoms with Gasteiger partial charge in [-0.2, -0.15) is 5.10 Å². The minimum absolute atomic E-state index is 0.0587. The lowest BCUT2D eigenvalue weighted by molar-refractivity contribution is 0.316. The molecule has 0 fully saturated rings. The van der Waals surface area contributed by atoms with E-state index in [9.17, 15) is 0 Å². The van der Waals surface area contributed by atoms with Crippen molar-refractivity contribution in [3.05, 3.63) is 54.6 Å². The number of oxazole rings is 1. The van der Waals surface area contributed by atoms with Gasteiger partial charge in [0, 0.05) is 29.3 Å². The maximum Gasteiger partial charge on any atom is 0.201 e. The standard InChI is InChI=1S/C20H23N5O/c1-19(2,16-7-12-25-17(24-16)6-11-22-25)8-9-20(3,4)18-23-14-5-10-21-13-15(14)26-18/h5-7,10-13H,8-9H2,1-4H3. The van der Waals surface area contributed by atoms with Gasteiger partial charge in [-0.05, 0) is 25.0 Å². The minimum atomic E-state index is -0.170. The zero-order valence-electron chi connectivity index (χ0n) is 15.6. The number of aromatic nitrogens is 5. The van der Waals surface area contributed by atoms with Gasteiger partial charge in [0.25, 0.3) is 0 Å². The number of fused-ring (bicyclic) bond motifs is 2. The maximum atomic E-state index is 5.95. The van der Waals surface area contributed by atoms with Crippen LogP contribution in [0.5, 0.6) is 0 Å². The summed E-state index contributed by atoms with van der Waals surface area (Å²) in [5.74, 6) is 0.760. The third kappa shape index (κ3) is 2.96. The van der Waals surface area contributed by atoms with Gasteiger partial charge in [-0.3, -0.25) is 4.98 Å². The molecule has 4 heterocycles. The van der Waals surface area contributed by atoms with E-state index in [2.05, 4.69) is 48.8 Å². The lowest BCUT2D eigenvalue weighted by Crippen LogP contribution is -2.25. The first-order chi connectivity index (χ1) is 12.4. The molecular formula is C20H23N5O. The van der Waals surface area contributed by atoms with E-state index < -0.39 is 0 Å². The molecule has 0 atom stereocenters. The summed E-state index contributed by atoms with van der Waals surface area (Å²) in [6.07, 6.45) is 9.10. The predicted octanol–water partition coefficient (Wildman–Crippen LogP) is 4.30. The van der Waals surface area contributed by atoms with Crippen LogP contribution in [0.4, 0.5) is 0 Å². The molecule has 0 amide bonds. The maximum absolute atomic E-state index is 5.95. The number of rotatable bonds is 5. The Morgan fingerprint density at radius 3 is 2.58 bits per heavy atom.